The summed E-state index contributed by atoms with van der Waals surface area (Å²) in [5, 5.41) is 1.67. The number of carbonyl (C=O) groups excluding carboxylic acids is 1. The molecule has 0 spiro atoms. The number of hydroxylamine groups is 2. The molecule has 0 unspecified atom stereocenters. The number of ketones is 1. The van der Waals surface area contributed by atoms with E-state index < -0.39 is 0 Å². The second-order valence-corrected chi connectivity index (χ2v) is 8.25. The van der Waals surface area contributed by atoms with E-state index in [1.165, 1.54) is 38.8 Å². The van der Waals surface area contributed by atoms with Crippen molar-refractivity contribution in [1.82, 2.24) is 14.9 Å². The topological polar surface area (TPSA) is 48.9 Å². The van der Waals surface area contributed by atoms with E-state index in [-0.39, 0.29) is 12.3 Å². The summed E-state index contributed by atoms with van der Waals surface area (Å²) < 4.78 is 0. The lowest BCUT2D eigenvalue weighted by atomic mass is 10.0. The maximum Gasteiger partial charge on any atom is 0.197 e. The summed E-state index contributed by atoms with van der Waals surface area (Å²) in [7, 11) is 1.60. The molecule has 0 bridgehead atoms. The van der Waals surface area contributed by atoms with Crippen molar-refractivity contribution >= 4 is 11.5 Å². The Morgan fingerprint density at radius 2 is 1.83 bits per heavy atom. The molecule has 1 aromatic heterocycles. The van der Waals surface area contributed by atoms with Crippen LogP contribution >= 0.6 is 0 Å². The van der Waals surface area contributed by atoms with Gasteiger partial charge < -0.3 is 14.6 Å². The first kappa shape index (κ1) is 21.0. The van der Waals surface area contributed by atoms with E-state index in [4.69, 9.17) is 4.84 Å². The molecule has 2 saturated heterocycles. The molecule has 0 N–H and O–H groups in total. The highest BCUT2D eigenvalue weighted by Crippen LogP contribution is 2.25. The maximum absolute atomic E-state index is 12.9. The number of Topliss-reactive ketones (excluding diaryl/α,β-unsaturated/α-hetero) is 1. The van der Waals surface area contributed by atoms with Crippen LogP contribution < -0.4 is 4.90 Å². The fourth-order valence-corrected chi connectivity index (χ4v) is 4.58. The van der Waals surface area contributed by atoms with E-state index in [2.05, 4.69) is 14.8 Å². The fraction of sp³-hybridized carbons (Fsp3) is 0.500. The van der Waals surface area contributed by atoms with Gasteiger partial charge in [0.1, 0.15) is 5.69 Å². The summed E-state index contributed by atoms with van der Waals surface area (Å²) in [4.78, 5) is 27.7. The number of anilines is 1. The van der Waals surface area contributed by atoms with Gasteiger partial charge in [0.25, 0.3) is 0 Å². The third-order valence-corrected chi connectivity index (χ3v) is 6.30. The Balaban J connectivity index is 1.35. The summed E-state index contributed by atoms with van der Waals surface area (Å²) >= 11 is 0. The van der Waals surface area contributed by atoms with Crippen LogP contribution in [0, 0.1) is 0 Å². The molecule has 1 aromatic carbocycles. The Morgan fingerprint density at radius 1 is 1.10 bits per heavy atom. The van der Waals surface area contributed by atoms with Crippen molar-refractivity contribution in [3.8, 4) is 0 Å². The quantitative estimate of drug-likeness (QED) is 0.493. The van der Waals surface area contributed by atoms with Crippen molar-refractivity contribution in [3.05, 3.63) is 59.9 Å². The molecule has 2 aliphatic heterocycles. The van der Waals surface area contributed by atoms with Crippen LogP contribution in [0.5, 0.6) is 0 Å². The number of hydrogen-bond acceptors (Lipinski definition) is 6. The number of benzene rings is 1. The van der Waals surface area contributed by atoms with Crippen molar-refractivity contribution in [2.24, 2.45) is 0 Å². The number of likely N-dealkylation sites (tertiary alicyclic amines) is 1. The van der Waals surface area contributed by atoms with Crippen molar-refractivity contribution < 1.29 is 9.63 Å². The van der Waals surface area contributed by atoms with Gasteiger partial charge in [0.15, 0.2) is 5.78 Å². The number of hydrogen-bond donors (Lipinski definition) is 0. The molecule has 0 saturated carbocycles. The van der Waals surface area contributed by atoms with Gasteiger partial charge >= 0.3 is 0 Å². The first-order chi connectivity index (χ1) is 14.7. The van der Waals surface area contributed by atoms with Gasteiger partial charge in [-0.15, -0.1) is 0 Å². The summed E-state index contributed by atoms with van der Waals surface area (Å²) in [6.45, 7) is 5.34. The normalized spacial score (nSPS) is 18.3. The third kappa shape index (κ3) is 5.25. The minimum absolute atomic E-state index is 0.0263. The number of piperidine rings is 1. The van der Waals surface area contributed by atoms with Gasteiger partial charge in [0.05, 0.1) is 13.7 Å². The lowest BCUT2D eigenvalue weighted by Crippen LogP contribution is -2.43. The van der Waals surface area contributed by atoms with Gasteiger partial charge in [0.2, 0.25) is 0 Å². The molecule has 4 rings (SSSR count). The van der Waals surface area contributed by atoms with Crippen LogP contribution in [0.3, 0.4) is 0 Å². The van der Waals surface area contributed by atoms with Crippen molar-refractivity contribution in [3.63, 3.8) is 0 Å². The molecule has 0 atom stereocenters. The first-order valence-electron chi connectivity index (χ1n) is 11.0. The monoisotopic (exact) mass is 408 g/mol. The van der Waals surface area contributed by atoms with E-state index in [1.54, 1.807) is 18.4 Å². The molecule has 2 aliphatic rings. The van der Waals surface area contributed by atoms with Crippen LogP contribution in [0.4, 0.5) is 5.69 Å². The zero-order valence-corrected chi connectivity index (χ0v) is 17.9. The summed E-state index contributed by atoms with van der Waals surface area (Å²) in [5.41, 5.74) is 2.71. The molecule has 0 aliphatic carbocycles. The highest BCUT2D eigenvalue weighted by Gasteiger charge is 2.26. The molecule has 3 heterocycles. The second kappa shape index (κ2) is 10.2. The maximum atomic E-state index is 12.9. The van der Waals surface area contributed by atoms with Crippen molar-refractivity contribution in [1.29, 1.82) is 0 Å². The largest absolute Gasteiger partial charge is 0.371 e. The van der Waals surface area contributed by atoms with E-state index in [9.17, 15) is 4.79 Å². The van der Waals surface area contributed by atoms with E-state index in [0.29, 0.717) is 12.2 Å². The molecule has 160 valence electrons. The zero-order valence-electron chi connectivity index (χ0n) is 17.9. The van der Waals surface area contributed by atoms with Crippen molar-refractivity contribution in [2.75, 3.05) is 44.7 Å². The average Bonchev–Trinajstić information content (AvgIpc) is 3.34. The van der Waals surface area contributed by atoms with Gasteiger partial charge in [-0.3, -0.25) is 9.78 Å². The summed E-state index contributed by atoms with van der Waals surface area (Å²) in [6.07, 6.45) is 6.83. The van der Waals surface area contributed by atoms with Gasteiger partial charge in [-0.25, -0.2) is 0 Å². The van der Waals surface area contributed by atoms with Crippen LogP contribution in [-0.4, -0.2) is 66.6 Å². The summed E-state index contributed by atoms with van der Waals surface area (Å²) in [5.74, 6) is -0.0263. The molecule has 0 amide bonds. The summed E-state index contributed by atoms with van der Waals surface area (Å²) in [6, 6.07) is 14.7. The van der Waals surface area contributed by atoms with Gasteiger partial charge in [0, 0.05) is 37.6 Å². The number of rotatable bonds is 8. The van der Waals surface area contributed by atoms with Gasteiger partial charge in [-0.1, -0.05) is 30.3 Å². The Kier molecular flexibility index (Phi) is 7.10. The zero-order chi connectivity index (χ0) is 20.8. The Labute approximate surface area is 179 Å². The predicted molar refractivity (Wildman–Crippen MR) is 118 cm³/mol. The van der Waals surface area contributed by atoms with Crippen LogP contribution in [0.2, 0.25) is 0 Å². The standard InChI is InChI=1S/C24H32N4O2/c1-30-28(18-20-7-3-2-4-8-20)19-24(29)23-17-22(9-12-25-23)27-15-10-21(11-16-27)26-13-5-6-14-26/h2-4,7-9,12,17,21H,5-6,10-11,13-16,18-19H2,1H3. The lowest BCUT2D eigenvalue weighted by molar-refractivity contribution is -0.130. The van der Waals surface area contributed by atoms with Gasteiger partial charge in [-0.2, -0.15) is 5.06 Å². The van der Waals surface area contributed by atoms with E-state index in [0.717, 1.165) is 30.4 Å². The number of aromatic nitrogens is 1. The minimum atomic E-state index is -0.0263. The van der Waals surface area contributed by atoms with Crippen LogP contribution in [0.25, 0.3) is 0 Å². The minimum Gasteiger partial charge on any atom is -0.371 e. The number of carbonyl (C=O) groups is 1. The fourth-order valence-electron chi connectivity index (χ4n) is 4.58. The van der Waals surface area contributed by atoms with E-state index >= 15 is 0 Å². The van der Waals surface area contributed by atoms with Gasteiger partial charge in [-0.05, 0) is 56.5 Å². The highest BCUT2D eigenvalue weighted by atomic mass is 16.7. The smallest absolute Gasteiger partial charge is 0.197 e. The first-order valence-corrected chi connectivity index (χ1v) is 11.0. The molecule has 2 fully saturated rings. The molecule has 2 aromatic rings. The molecule has 6 heteroatoms. The second-order valence-electron chi connectivity index (χ2n) is 8.25. The SMILES string of the molecule is CON(CC(=O)c1cc(N2CCC(N3CCCC3)CC2)ccn1)Cc1ccccc1. The molecule has 0 radical (unpaired) electrons. The Bertz CT molecular complexity index is 815. The van der Waals surface area contributed by atoms with Crippen molar-refractivity contribution in [2.45, 2.75) is 38.3 Å². The average molecular weight is 409 g/mol. The molecule has 30 heavy (non-hydrogen) atoms. The lowest BCUT2D eigenvalue weighted by Gasteiger charge is -2.37. The van der Waals surface area contributed by atoms with E-state index in [1.807, 2.05) is 42.5 Å². The number of nitrogens with zero attached hydrogens (tertiary/aromatic N) is 4. The van der Waals surface area contributed by atoms with Crippen LogP contribution in [0.15, 0.2) is 48.7 Å². The third-order valence-electron chi connectivity index (χ3n) is 6.30. The Hall–Kier alpha value is -2.28. The molecular weight excluding hydrogens is 376 g/mol. The predicted octanol–water partition coefficient (Wildman–Crippen LogP) is 3.39. The Morgan fingerprint density at radius 3 is 2.53 bits per heavy atom. The molecular formula is C24H32N4O2. The highest BCUT2D eigenvalue weighted by molar-refractivity contribution is 5.96. The van der Waals surface area contributed by atoms with Crippen LogP contribution in [0.1, 0.15) is 41.7 Å². The number of pyridine rings is 1. The van der Waals surface area contributed by atoms with Crippen LogP contribution in [-0.2, 0) is 11.4 Å². The molecule has 6 nitrogen and oxygen atoms in total.